The number of nitrogens with zero attached hydrogens (tertiary/aromatic N) is 4. The molecule has 1 N–H and O–H groups in total. The SMILES string of the molecule is Cc1nn(-c2ccc(C#N)cc2)c(C)c1NC(=O)COC(=O)Cn1c(C)cc2ccccc21. The molecule has 8 nitrogen and oxygen atoms in total. The summed E-state index contributed by atoms with van der Waals surface area (Å²) in [5.41, 5.74) is 5.14. The topological polar surface area (TPSA) is 102 Å². The molecule has 0 unspecified atom stereocenters. The van der Waals surface area contributed by atoms with Crippen LogP contribution in [0.25, 0.3) is 16.6 Å². The molecule has 2 aromatic heterocycles. The largest absolute Gasteiger partial charge is 0.454 e. The van der Waals surface area contributed by atoms with Crippen LogP contribution in [-0.2, 0) is 20.9 Å². The molecular weight excluding hydrogens is 418 g/mol. The molecule has 33 heavy (non-hydrogen) atoms. The minimum Gasteiger partial charge on any atom is -0.454 e. The van der Waals surface area contributed by atoms with Crippen LogP contribution in [0.4, 0.5) is 5.69 Å². The van der Waals surface area contributed by atoms with Gasteiger partial charge in [-0.05, 0) is 62.6 Å². The fourth-order valence-electron chi connectivity index (χ4n) is 3.81. The van der Waals surface area contributed by atoms with Crippen molar-refractivity contribution in [2.24, 2.45) is 0 Å². The van der Waals surface area contributed by atoms with Crippen molar-refractivity contribution < 1.29 is 14.3 Å². The molecule has 0 fully saturated rings. The van der Waals surface area contributed by atoms with Gasteiger partial charge in [-0.1, -0.05) is 18.2 Å². The van der Waals surface area contributed by atoms with Gasteiger partial charge < -0.3 is 14.6 Å². The summed E-state index contributed by atoms with van der Waals surface area (Å²) >= 11 is 0. The van der Waals surface area contributed by atoms with E-state index in [-0.39, 0.29) is 6.54 Å². The molecular formula is C25H23N5O3. The van der Waals surface area contributed by atoms with Gasteiger partial charge in [0.25, 0.3) is 5.91 Å². The standard InChI is InChI=1S/C25H23N5O3/c1-16-12-20-6-4-5-7-22(20)29(16)14-24(32)33-15-23(31)27-25-17(2)28-30(18(25)3)21-10-8-19(13-26)9-11-21/h4-12H,14-15H2,1-3H3,(H,27,31). The van der Waals surface area contributed by atoms with Crippen LogP contribution in [-0.4, -0.2) is 32.8 Å². The number of anilines is 1. The monoisotopic (exact) mass is 441 g/mol. The van der Waals surface area contributed by atoms with Gasteiger partial charge in [-0.15, -0.1) is 0 Å². The number of nitriles is 1. The number of aryl methyl sites for hydroxylation is 2. The second-order valence-electron chi connectivity index (χ2n) is 7.76. The molecule has 0 aliphatic heterocycles. The number of ether oxygens (including phenoxy) is 1. The number of aromatic nitrogens is 3. The average Bonchev–Trinajstić information content (AvgIpc) is 3.28. The molecule has 4 aromatic rings. The molecule has 2 aromatic carbocycles. The van der Waals surface area contributed by atoms with Gasteiger partial charge in [0.2, 0.25) is 0 Å². The first-order valence-electron chi connectivity index (χ1n) is 10.4. The smallest absolute Gasteiger partial charge is 0.326 e. The van der Waals surface area contributed by atoms with Gasteiger partial charge in [0, 0.05) is 11.2 Å². The number of para-hydroxylation sites is 1. The molecule has 0 atom stereocenters. The number of amides is 1. The lowest BCUT2D eigenvalue weighted by atomic mass is 10.2. The third-order valence-electron chi connectivity index (χ3n) is 5.47. The van der Waals surface area contributed by atoms with Crippen LogP contribution in [0.1, 0.15) is 22.6 Å². The number of rotatable bonds is 6. The van der Waals surface area contributed by atoms with E-state index in [2.05, 4.69) is 16.5 Å². The molecule has 0 saturated carbocycles. The Morgan fingerprint density at radius 2 is 1.82 bits per heavy atom. The Morgan fingerprint density at radius 3 is 2.55 bits per heavy atom. The van der Waals surface area contributed by atoms with Crippen LogP contribution in [0.15, 0.2) is 54.6 Å². The van der Waals surface area contributed by atoms with Crippen LogP contribution in [0.5, 0.6) is 0 Å². The lowest BCUT2D eigenvalue weighted by Gasteiger charge is -2.10. The van der Waals surface area contributed by atoms with Gasteiger partial charge >= 0.3 is 5.97 Å². The lowest BCUT2D eigenvalue weighted by Crippen LogP contribution is -2.23. The first-order chi connectivity index (χ1) is 15.9. The van der Waals surface area contributed by atoms with Crippen LogP contribution >= 0.6 is 0 Å². The van der Waals surface area contributed by atoms with Gasteiger partial charge in [-0.2, -0.15) is 10.4 Å². The Balaban J connectivity index is 1.39. The normalized spacial score (nSPS) is 10.7. The number of hydrogen-bond acceptors (Lipinski definition) is 5. The highest BCUT2D eigenvalue weighted by molar-refractivity contribution is 5.94. The zero-order valence-corrected chi connectivity index (χ0v) is 18.6. The van der Waals surface area contributed by atoms with Gasteiger partial charge in [0.15, 0.2) is 6.61 Å². The van der Waals surface area contributed by atoms with E-state index in [4.69, 9.17) is 10.00 Å². The summed E-state index contributed by atoms with van der Waals surface area (Å²) < 4.78 is 8.78. The number of carbonyl (C=O) groups excluding carboxylic acids is 2. The second-order valence-corrected chi connectivity index (χ2v) is 7.76. The molecule has 0 spiro atoms. The van der Waals surface area contributed by atoms with Crippen molar-refractivity contribution in [3.05, 3.63) is 77.2 Å². The third-order valence-corrected chi connectivity index (χ3v) is 5.47. The molecule has 0 aliphatic rings. The van der Waals surface area contributed by atoms with Crippen molar-refractivity contribution >= 4 is 28.5 Å². The van der Waals surface area contributed by atoms with E-state index in [1.54, 1.807) is 35.9 Å². The number of carbonyl (C=O) groups is 2. The number of benzene rings is 2. The Kier molecular flexibility index (Phi) is 5.96. The average molecular weight is 441 g/mol. The Hall–Kier alpha value is -4.38. The molecule has 0 radical (unpaired) electrons. The first-order valence-corrected chi connectivity index (χ1v) is 10.4. The highest BCUT2D eigenvalue weighted by atomic mass is 16.5. The fraction of sp³-hybridized carbons (Fsp3) is 0.200. The predicted molar refractivity (Wildman–Crippen MR) is 124 cm³/mol. The summed E-state index contributed by atoms with van der Waals surface area (Å²) in [6, 6.07) is 18.9. The van der Waals surface area contributed by atoms with E-state index in [1.165, 1.54) is 0 Å². The summed E-state index contributed by atoms with van der Waals surface area (Å²) in [6.07, 6.45) is 0. The predicted octanol–water partition coefficient (Wildman–Crippen LogP) is 3.81. The highest BCUT2D eigenvalue weighted by Gasteiger charge is 2.17. The minimum absolute atomic E-state index is 0.0291. The zero-order valence-electron chi connectivity index (χ0n) is 18.6. The van der Waals surface area contributed by atoms with E-state index in [1.807, 2.05) is 48.7 Å². The fourth-order valence-corrected chi connectivity index (χ4v) is 3.81. The molecule has 8 heteroatoms. The molecule has 0 aliphatic carbocycles. The van der Waals surface area contributed by atoms with Crippen molar-refractivity contribution in [2.75, 3.05) is 11.9 Å². The van der Waals surface area contributed by atoms with Gasteiger partial charge in [0.1, 0.15) is 6.54 Å². The second kappa shape index (κ2) is 9.01. The Morgan fingerprint density at radius 1 is 1.09 bits per heavy atom. The van der Waals surface area contributed by atoms with Crippen LogP contribution in [0.3, 0.4) is 0 Å². The van der Waals surface area contributed by atoms with Crippen molar-refractivity contribution in [3.8, 4) is 11.8 Å². The summed E-state index contributed by atoms with van der Waals surface area (Å²) in [7, 11) is 0. The maximum atomic E-state index is 12.5. The van der Waals surface area contributed by atoms with E-state index >= 15 is 0 Å². The van der Waals surface area contributed by atoms with Crippen molar-refractivity contribution in [2.45, 2.75) is 27.3 Å². The molecule has 2 heterocycles. The van der Waals surface area contributed by atoms with Crippen molar-refractivity contribution in [1.82, 2.24) is 14.3 Å². The molecule has 0 bridgehead atoms. The number of esters is 1. The number of fused-ring (bicyclic) bond motifs is 1. The maximum Gasteiger partial charge on any atom is 0.326 e. The van der Waals surface area contributed by atoms with Crippen LogP contribution < -0.4 is 5.32 Å². The Bertz CT molecular complexity index is 1390. The lowest BCUT2D eigenvalue weighted by molar-refractivity contribution is -0.147. The summed E-state index contributed by atoms with van der Waals surface area (Å²) in [5, 5.41) is 17.3. The number of hydrogen-bond donors (Lipinski definition) is 1. The van der Waals surface area contributed by atoms with Crippen LogP contribution in [0.2, 0.25) is 0 Å². The van der Waals surface area contributed by atoms with Gasteiger partial charge in [-0.25, -0.2) is 4.68 Å². The van der Waals surface area contributed by atoms with Crippen molar-refractivity contribution in [1.29, 1.82) is 5.26 Å². The number of nitrogens with one attached hydrogen (secondary N) is 1. The third kappa shape index (κ3) is 4.48. The van der Waals surface area contributed by atoms with Crippen molar-refractivity contribution in [3.63, 3.8) is 0 Å². The molecule has 1 amide bonds. The van der Waals surface area contributed by atoms with E-state index in [0.29, 0.717) is 16.9 Å². The minimum atomic E-state index is -0.490. The molecule has 0 saturated heterocycles. The van der Waals surface area contributed by atoms with Gasteiger partial charge in [0.05, 0.1) is 34.4 Å². The van der Waals surface area contributed by atoms with Crippen LogP contribution in [0, 0.1) is 32.1 Å². The maximum absolute atomic E-state index is 12.5. The van der Waals surface area contributed by atoms with E-state index in [9.17, 15) is 9.59 Å². The first kappa shape index (κ1) is 21.8. The summed E-state index contributed by atoms with van der Waals surface area (Å²) in [4.78, 5) is 24.8. The van der Waals surface area contributed by atoms with E-state index < -0.39 is 18.5 Å². The molecule has 166 valence electrons. The summed E-state index contributed by atoms with van der Waals surface area (Å²) in [5.74, 6) is -0.931. The summed E-state index contributed by atoms with van der Waals surface area (Å²) in [6.45, 7) is 5.19. The van der Waals surface area contributed by atoms with E-state index in [0.717, 1.165) is 28.0 Å². The molecule has 4 rings (SSSR count). The Labute approximate surface area is 191 Å². The van der Waals surface area contributed by atoms with Gasteiger partial charge in [-0.3, -0.25) is 9.59 Å². The zero-order chi connectivity index (χ0) is 23.5. The highest BCUT2D eigenvalue weighted by Crippen LogP contribution is 2.23. The quantitative estimate of drug-likeness (QED) is 0.459.